The molecule has 0 aliphatic carbocycles. The van der Waals surface area contributed by atoms with E-state index in [1.165, 1.54) is 11.1 Å². The van der Waals surface area contributed by atoms with E-state index >= 15 is 0 Å². The Kier molecular flexibility index (Phi) is 9.11. The molecule has 0 amide bonds. The molecule has 200 valence electrons. The molecule has 4 aromatic rings. The second-order valence-electron chi connectivity index (χ2n) is 10.8. The molecule has 0 fully saturated rings. The van der Waals surface area contributed by atoms with E-state index in [2.05, 4.69) is 34.6 Å². The Morgan fingerprint density at radius 2 is 0.711 bits per heavy atom. The van der Waals surface area contributed by atoms with Gasteiger partial charge < -0.3 is 20.4 Å². The van der Waals surface area contributed by atoms with E-state index in [0.717, 1.165) is 24.0 Å². The third-order valence-electron chi connectivity index (χ3n) is 7.54. The Morgan fingerprint density at radius 3 is 0.921 bits per heavy atom. The van der Waals surface area contributed by atoms with E-state index < -0.39 is 0 Å². The van der Waals surface area contributed by atoms with Crippen LogP contribution in [-0.2, 0) is 10.8 Å². The summed E-state index contributed by atoms with van der Waals surface area (Å²) < 4.78 is 0. The highest BCUT2D eigenvalue weighted by Gasteiger charge is 2.30. The molecular weight excluding hydrogens is 472 g/mol. The molecule has 4 rings (SSSR count). The topological polar surface area (TPSA) is 80.9 Å². The molecule has 0 saturated carbocycles. The first-order valence-electron chi connectivity index (χ1n) is 13.2. The summed E-state index contributed by atoms with van der Waals surface area (Å²) in [4.78, 5) is 0. The smallest absolute Gasteiger partial charge is 0.115 e. The van der Waals surface area contributed by atoms with Crippen molar-refractivity contribution in [3.8, 4) is 23.0 Å². The fourth-order valence-electron chi connectivity index (χ4n) is 5.11. The van der Waals surface area contributed by atoms with Gasteiger partial charge in [-0.3, -0.25) is 0 Å². The minimum atomic E-state index is -0.129. The lowest BCUT2D eigenvalue weighted by Crippen LogP contribution is -2.25. The SMILES string of the molecule is CC(C)CC(C)(c1ccc(O)cc1)c1ccc(O)cc1.CCC(C)(c1ccc(O)cc1)c1ccc(O)cc1. The maximum atomic E-state index is 9.48. The van der Waals surface area contributed by atoms with E-state index in [1.54, 1.807) is 48.5 Å². The summed E-state index contributed by atoms with van der Waals surface area (Å²) in [7, 11) is 0. The summed E-state index contributed by atoms with van der Waals surface area (Å²) in [5.74, 6) is 1.67. The van der Waals surface area contributed by atoms with Crippen molar-refractivity contribution in [1.82, 2.24) is 0 Å². The predicted octanol–water partition coefficient (Wildman–Crippen LogP) is 8.26. The maximum absolute atomic E-state index is 9.48. The minimum Gasteiger partial charge on any atom is -0.508 e. The molecule has 0 aliphatic rings. The van der Waals surface area contributed by atoms with Crippen molar-refractivity contribution in [3.05, 3.63) is 119 Å². The van der Waals surface area contributed by atoms with E-state index in [0.29, 0.717) is 5.92 Å². The highest BCUT2D eigenvalue weighted by Crippen LogP contribution is 2.39. The van der Waals surface area contributed by atoms with Crippen LogP contribution in [-0.4, -0.2) is 20.4 Å². The number of hydrogen-bond acceptors (Lipinski definition) is 4. The number of rotatable bonds is 7. The van der Waals surface area contributed by atoms with Crippen LogP contribution in [0.1, 0.15) is 69.7 Å². The standard InChI is InChI=1S/C18H22O2.C16H18O2/c1-13(2)12-18(3,14-4-8-16(19)9-5-14)15-6-10-17(20)11-7-15;1-3-16(2,12-4-8-14(17)9-5-12)13-6-10-15(18)11-7-13/h4-11,13,19-20H,12H2,1-3H3;4-11,17-18H,3H2,1-2H3. The molecule has 0 heterocycles. The highest BCUT2D eigenvalue weighted by atomic mass is 16.3. The van der Waals surface area contributed by atoms with Crippen LogP contribution in [0, 0.1) is 5.92 Å². The van der Waals surface area contributed by atoms with Gasteiger partial charge in [0.25, 0.3) is 0 Å². The van der Waals surface area contributed by atoms with Gasteiger partial charge in [0.15, 0.2) is 0 Å². The third-order valence-corrected chi connectivity index (χ3v) is 7.54. The van der Waals surface area contributed by atoms with Crippen molar-refractivity contribution in [2.75, 3.05) is 0 Å². The Bertz CT molecular complexity index is 1180. The number of hydrogen-bond donors (Lipinski definition) is 4. The van der Waals surface area contributed by atoms with Gasteiger partial charge in [0, 0.05) is 10.8 Å². The summed E-state index contributed by atoms with van der Waals surface area (Å²) in [5, 5.41) is 37.7. The molecule has 4 aromatic carbocycles. The lowest BCUT2D eigenvalue weighted by molar-refractivity contribution is 0.424. The van der Waals surface area contributed by atoms with Crippen molar-refractivity contribution in [2.24, 2.45) is 5.92 Å². The largest absolute Gasteiger partial charge is 0.508 e. The quantitative estimate of drug-likeness (QED) is 0.201. The first kappa shape index (κ1) is 28.6. The van der Waals surface area contributed by atoms with Crippen LogP contribution < -0.4 is 0 Å². The number of phenols is 4. The Balaban J connectivity index is 0.000000212. The van der Waals surface area contributed by atoms with Crippen LogP contribution in [0.25, 0.3) is 0 Å². The summed E-state index contributed by atoms with van der Waals surface area (Å²) >= 11 is 0. The van der Waals surface area contributed by atoms with Gasteiger partial charge in [0.1, 0.15) is 23.0 Å². The van der Waals surface area contributed by atoms with Crippen LogP contribution in [0.2, 0.25) is 0 Å². The predicted molar refractivity (Wildman–Crippen MR) is 155 cm³/mol. The van der Waals surface area contributed by atoms with E-state index in [1.807, 2.05) is 48.5 Å². The Hall–Kier alpha value is -3.92. The van der Waals surface area contributed by atoms with Gasteiger partial charge in [-0.25, -0.2) is 0 Å². The molecule has 0 aromatic heterocycles. The molecule has 0 radical (unpaired) electrons. The molecule has 38 heavy (non-hydrogen) atoms. The monoisotopic (exact) mass is 512 g/mol. The molecule has 0 bridgehead atoms. The van der Waals surface area contributed by atoms with Gasteiger partial charge in [0.2, 0.25) is 0 Å². The molecule has 4 N–H and O–H groups in total. The number of benzene rings is 4. The van der Waals surface area contributed by atoms with Gasteiger partial charge in [0.05, 0.1) is 0 Å². The second-order valence-corrected chi connectivity index (χ2v) is 10.8. The van der Waals surface area contributed by atoms with Gasteiger partial charge in [-0.05, 0) is 89.5 Å². The van der Waals surface area contributed by atoms with Gasteiger partial charge in [-0.2, -0.15) is 0 Å². The lowest BCUT2D eigenvalue weighted by atomic mass is 9.71. The molecule has 0 saturated heterocycles. The molecule has 4 nitrogen and oxygen atoms in total. The average molecular weight is 513 g/mol. The van der Waals surface area contributed by atoms with Crippen LogP contribution in [0.4, 0.5) is 0 Å². The van der Waals surface area contributed by atoms with E-state index in [9.17, 15) is 20.4 Å². The molecular formula is C34H40O4. The van der Waals surface area contributed by atoms with E-state index in [4.69, 9.17) is 0 Å². The maximum Gasteiger partial charge on any atom is 0.115 e. The first-order valence-corrected chi connectivity index (χ1v) is 13.2. The van der Waals surface area contributed by atoms with Gasteiger partial charge >= 0.3 is 0 Å². The normalized spacial score (nSPS) is 11.6. The van der Waals surface area contributed by atoms with Crippen molar-refractivity contribution in [3.63, 3.8) is 0 Å². The zero-order valence-corrected chi connectivity index (χ0v) is 23.0. The lowest BCUT2D eigenvalue weighted by Gasteiger charge is -2.33. The van der Waals surface area contributed by atoms with Crippen LogP contribution in [0.5, 0.6) is 23.0 Å². The zero-order valence-electron chi connectivity index (χ0n) is 23.0. The molecule has 4 heteroatoms. The molecule has 0 aliphatic heterocycles. The van der Waals surface area contributed by atoms with Crippen LogP contribution in [0.3, 0.4) is 0 Å². The average Bonchev–Trinajstić information content (AvgIpc) is 2.89. The van der Waals surface area contributed by atoms with Crippen molar-refractivity contribution in [1.29, 1.82) is 0 Å². The summed E-state index contributed by atoms with van der Waals surface area (Å²) in [5.41, 5.74) is 4.43. The summed E-state index contributed by atoms with van der Waals surface area (Å²) in [6.07, 6.45) is 1.95. The minimum absolute atomic E-state index is 0.110. The van der Waals surface area contributed by atoms with Gasteiger partial charge in [-0.15, -0.1) is 0 Å². The Labute approximate surface area is 226 Å². The summed E-state index contributed by atoms with van der Waals surface area (Å²) in [6.45, 7) is 10.9. The number of phenolic OH excluding ortho intramolecular Hbond substituents is 4. The zero-order chi connectivity index (χ0) is 27.9. The van der Waals surface area contributed by atoms with Crippen molar-refractivity contribution in [2.45, 2.75) is 58.3 Å². The Morgan fingerprint density at radius 1 is 0.474 bits per heavy atom. The first-order chi connectivity index (χ1) is 18.0. The highest BCUT2D eigenvalue weighted by molar-refractivity contribution is 5.43. The molecule has 0 spiro atoms. The number of aromatic hydroxyl groups is 4. The fraction of sp³-hybridized carbons (Fsp3) is 0.294. The fourth-order valence-corrected chi connectivity index (χ4v) is 5.11. The van der Waals surface area contributed by atoms with Gasteiger partial charge in [-0.1, -0.05) is 83.1 Å². The third kappa shape index (κ3) is 6.69. The van der Waals surface area contributed by atoms with Crippen LogP contribution >= 0.6 is 0 Å². The second kappa shape index (κ2) is 12.1. The summed E-state index contributed by atoms with van der Waals surface area (Å²) in [6, 6.07) is 29.5. The van der Waals surface area contributed by atoms with E-state index in [-0.39, 0.29) is 33.8 Å². The van der Waals surface area contributed by atoms with Crippen LogP contribution in [0.15, 0.2) is 97.1 Å². The molecule has 0 unspecified atom stereocenters. The van der Waals surface area contributed by atoms with Crippen molar-refractivity contribution < 1.29 is 20.4 Å². The van der Waals surface area contributed by atoms with Crippen molar-refractivity contribution >= 4 is 0 Å². The molecule has 0 atom stereocenters.